The third-order valence-electron chi connectivity index (χ3n) is 8.02. The van der Waals surface area contributed by atoms with Crippen molar-refractivity contribution in [1.29, 1.82) is 0 Å². The summed E-state index contributed by atoms with van der Waals surface area (Å²) in [5, 5.41) is 4.48. The van der Waals surface area contributed by atoms with E-state index in [4.69, 9.17) is 4.42 Å². The maximum atomic E-state index is 6.69. The summed E-state index contributed by atoms with van der Waals surface area (Å²) in [5.74, 6) is 0. The molecule has 0 atom stereocenters. The molecule has 0 unspecified atom stereocenters. The van der Waals surface area contributed by atoms with Gasteiger partial charge in [0.15, 0.2) is 0 Å². The van der Waals surface area contributed by atoms with Crippen LogP contribution < -0.4 is 4.90 Å². The van der Waals surface area contributed by atoms with Crippen molar-refractivity contribution in [2.75, 3.05) is 4.90 Å². The zero-order chi connectivity index (χ0) is 27.9. The Morgan fingerprint density at radius 1 is 0.405 bits per heavy atom. The summed E-state index contributed by atoms with van der Waals surface area (Å²) in [6.07, 6.45) is 0. The highest BCUT2D eigenvalue weighted by Crippen LogP contribution is 2.52. The number of anilines is 3. The van der Waals surface area contributed by atoms with Crippen molar-refractivity contribution in [3.63, 3.8) is 0 Å². The fourth-order valence-corrected chi connectivity index (χ4v) is 6.18. The van der Waals surface area contributed by atoms with E-state index in [0.29, 0.717) is 0 Å². The lowest BCUT2D eigenvalue weighted by Crippen LogP contribution is -2.12. The van der Waals surface area contributed by atoms with E-state index in [9.17, 15) is 0 Å². The maximum Gasteiger partial charge on any atom is 0.145 e. The van der Waals surface area contributed by atoms with Gasteiger partial charge in [-0.25, -0.2) is 0 Å². The fourth-order valence-electron chi connectivity index (χ4n) is 6.18. The van der Waals surface area contributed by atoms with Crippen molar-refractivity contribution < 1.29 is 4.42 Å². The van der Waals surface area contributed by atoms with Crippen LogP contribution in [0, 0.1) is 0 Å². The van der Waals surface area contributed by atoms with E-state index in [-0.39, 0.29) is 0 Å². The van der Waals surface area contributed by atoms with Crippen LogP contribution in [0.2, 0.25) is 0 Å². The lowest BCUT2D eigenvalue weighted by molar-refractivity contribution is 0.672. The van der Waals surface area contributed by atoms with Gasteiger partial charge in [0.1, 0.15) is 11.2 Å². The monoisotopic (exact) mass is 537 g/mol. The molecular formula is C40H27NO. The summed E-state index contributed by atoms with van der Waals surface area (Å²) in [6.45, 7) is 0. The lowest BCUT2D eigenvalue weighted by Gasteiger charge is -2.30. The summed E-state index contributed by atoms with van der Waals surface area (Å²) in [5.41, 5.74) is 9.77. The molecule has 0 aliphatic rings. The molecule has 2 heteroatoms. The SMILES string of the molecule is c1ccc(-c2cccc(N(c3ccccc3)c3c(-c4ccccc4)c4ccccc4c4oc5ccccc5c34)c2)cc1. The minimum atomic E-state index is 0.884. The molecule has 2 nitrogen and oxygen atoms in total. The van der Waals surface area contributed by atoms with E-state index in [1.165, 1.54) is 16.7 Å². The van der Waals surface area contributed by atoms with Crippen molar-refractivity contribution in [3.05, 3.63) is 164 Å². The second kappa shape index (κ2) is 10.1. The van der Waals surface area contributed by atoms with E-state index in [2.05, 4.69) is 163 Å². The van der Waals surface area contributed by atoms with Crippen molar-refractivity contribution in [2.45, 2.75) is 0 Å². The molecule has 7 aromatic carbocycles. The molecule has 0 saturated heterocycles. The predicted molar refractivity (Wildman–Crippen MR) is 177 cm³/mol. The number of furan rings is 1. The van der Waals surface area contributed by atoms with Crippen molar-refractivity contribution in [2.24, 2.45) is 0 Å². The molecule has 0 spiro atoms. The third kappa shape index (κ3) is 3.96. The Morgan fingerprint density at radius 3 is 1.69 bits per heavy atom. The van der Waals surface area contributed by atoms with Crippen LogP contribution in [0.1, 0.15) is 0 Å². The topological polar surface area (TPSA) is 16.4 Å². The molecule has 0 bridgehead atoms. The van der Waals surface area contributed by atoms with E-state index in [1.54, 1.807) is 0 Å². The highest BCUT2D eigenvalue weighted by molar-refractivity contribution is 6.27. The second-order valence-electron chi connectivity index (χ2n) is 10.5. The minimum absolute atomic E-state index is 0.884. The van der Waals surface area contributed by atoms with Crippen LogP contribution in [0.4, 0.5) is 17.1 Å². The minimum Gasteiger partial charge on any atom is -0.455 e. The zero-order valence-corrected chi connectivity index (χ0v) is 22.9. The smallest absolute Gasteiger partial charge is 0.145 e. The number of nitrogens with zero attached hydrogens (tertiary/aromatic N) is 1. The number of para-hydroxylation sites is 2. The first kappa shape index (κ1) is 24.2. The molecule has 8 rings (SSSR count). The van der Waals surface area contributed by atoms with E-state index < -0.39 is 0 Å². The average molecular weight is 538 g/mol. The molecule has 0 aliphatic carbocycles. The Bertz CT molecular complexity index is 2180. The standard InChI is InChI=1S/C40H27NO/c1-4-15-28(16-5-1)30-19-14-22-32(27-30)41(31-20-8-3-9-21-31)39-37(29-17-6-2-7-18-29)33-23-10-11-24-34(33)40-38(39)35-25-12-13-26-36(35)42-40/h1-27H. The molecule has 42 heavy (non-hydrogen) atoms. The Morgan fingerprint density at radius 2 is 0.952 bits per heavy atom. The van der Waals surface area contributed by atoms with E-state index in [1.807, 2.05) is 6.07 Å². The van der Waals surface area contributed by atoms with Gasteiger partial charge in [-0.1, -0.05) is 133 Å². The highest BCUT2D eigenvalue weighted by atomic mass is 16.3. The van der Waals surface area contributed by atoms with Gasteiger partial charge < -0.3 is 9.32 Å². The van der Waals surface area contributed by atoms with Crippen LogP contribution in [0.25, 0.3) is 55.0 Å². The van der Waals surface area contributed by atoms with Gasteiger partial charge in [0.25, 0.3) is 0 Å². The molecule has 0 saturated carbocycles. The normalized spacial score (nSPS) is 11.3. The second-order valence-corrected chi connectivity index (χ2v) is 10.5. The first-order valence-corrected chi connectivity index (χ1v) is 14.3. The molecule has 0 fully saturated rings. The fraction of sp³-hybridized carbons (Fsp3) is 0. The number of fused-ring (bicyclic) bond motifs is 5. The van der Waals surface area contributed by atoms with Crippen LogP contribution in [0.3, 0.4) is 0 Å². The highest BCUT2D eigenvalue weighted by Gasteiger charge is 2.26. The van der Waals surface area contributed by atoms with Crippen molar-refractivity contribution in [1.82, 2.24) is 0 Å². The number of rotatable bonds is 5. The van der Waals surface area contributed by atoms with Gasteiger partial charge >= 0.3 is 0 Å². The molecule has 1 heterocycles. The molecule has 198 valence electrons. The Hall–Kier alpha value is -5.60. The zero-order valence-electron chi connectivity index (χ0n) is 22.9. The van der Waals surface area contributed by atoms with Gasteiger partial charge in [-0.3, -0.25) is 0 Å². The summed E-state index contributed by atoms with van der Waals surface area (Å²) in [7, 11) is 0. The lowest BCUT2D eigenvalue weighted by atomic mass is 9.91. The molecular weight excluding hydrogens is 510 g/mol. The Labute approximate surface area is 244 Å². The molecule has 0 aliphatic heterocycles. The van der Waals surface area contributed by atoms with Crippen LogP contribution in [-0.4, -0.2) is 0 Å². The van der Waals surface area contributed by atoms with Gasteiger partial charge in [0, 0.05) is 27.7 Å². The number of hydrogen-bond donors (Lipinski definition) is 0. The molecule has 0 N–H and O–H groups in total. The van der Waals surface area contributed by atoms with E-state index >= 15 is 0 Å². The van der Waals surface area contributed by atoms with Gasteiger partial charge in [-0.05, 0) is 52.4 Å². The number of hydrogen-bond acceptors (Lipinski definition) is 2. The molecule has 0 amide bonds. The largest absolute Gasteiger partial charge is 0.455 e. The van der Waals surface area contributed by atoms with Gasteiger partial charge in [0.05, 0.1) is 11.1 Å². The third-order valence-corrected chi connectivity index (χ3v) is 8.02. The van der Waals surface area contributed by atoms with Crippen LogP contribution in [-0.2, 0) is 0 Å². The van der Waals surface area contributed by atoms with E-state index in [0.717, 1.165) is 55.3 Å². The van der Waals surface area contributed by atoms with Gasteiger partial charge in [-0.15, -0.1) is 0 Å². The van der Waals surface area contributed by atoms with Crippen molar-refractivity contribution in [3.8, 4) is 22.3 Å². The first-order valence-electron chi connectivity index (χ1n) is 14.3. The van der Waals surface area contributed by atoms with Crippen LogP contribution >= 0.6 is 0 Å². The van der Waals surface area contributed by atoms with Crippen LogP contribution in [0.15, 0.2) is 168 Å². The maximum absolute atomic E-state index is 6.69. The molecule has 0 radical (unpaired) electrons. The van der Waals surface area contributed by atoms with Crippen LogP contribution in [0.5, 0.6) is 0 Å². The summed E-state index contributed by atoms with van der Waals surface area (Å²) < 4.78 is 6.69. The summed E-state index contributed by atoms with van der Waals surface area (Å²) >= 11 is 0. The first-order chi connectivity index (χ1) is 20.9. The average Bonchev–Trinajstić information content (AvgIpc) is 3.46. The molecule has 8 aromatic rings. The Balaban J connectivity index is 1.56. The number of benzene rings is 7. The summed E-state index contributed by atoms with van der Waals surface area (Å²) in [6, 6.07) is 57.8. The summed E-state index contributed by atoms with van der Waals surface area (Å²) in [4.78, 5) is 2.41. The Kier molecular flexibility index (Phi) is 5.82. The molecule has 1 aromatic heterocycles. The predicted octanol–water partition coefficient (Wildman–Crippen LogP) is 11.5. The van der Waals surface area contributed by atoms with Gasteiger partial charge in [-0.2, -0.15) is 0 Å². The van der Waals surface area contributed by atoms with Gasteiger partial charge in [0.2, 0.25) is 0 Å². The van der Waals surface area contributed by atoms with Crippen molar-refractivity contribution >= 4 is 49.8 Å². The quantitative estimate of drug-likeness (QED) is 0.217.